The molecule has 2 aromatic rings. The maximum Gasteiger partial charge on any atom is 0.289 e. The summed E-state index contributed by atoms with van der Waals surface area (Å²) in [5, 5.41) is 2.89. The van der Waals surface area contributed by atoms with E-state index in [4.69, 9.17) is 9.47 Å². The first-order valence-electron chi connectivity index (χ1n) is 10.2. The molecule has 4 rings (SSSR count). The molecule has 0 unspecified atom stereocenters. The van der Waals surface area contributed by atoms with Gasteiger partial charge in [0.2, 0.25) is 0 Å². The van der Waals surface area contributed by atoms with Crippen molar-refractivity contribution in [3.05, 3.63) is 35.4 Å². The molecular weight excluding hydrogens is 372 g/mol. The quantitative estimate of drug-likeness (QED) is 0.837. The minimum atomic E-state index is -0.314. The van der Waals surface area contributed by atoms with Crippen LogP contribution in [0.25, 0.3) is 0 Å². The van der Waals surface area contributed by atoms with E-state index in [0.29, 0.717) is 61.6 Å². The third-order valence-electron chi connectivity index (χ3n) is 5.37. The highest BCUT2D eigenvalue weighted by molar-refractivity contribution is 6.05. The molecule has 1 N–H and O–H groups in total. The van der Waals surface area contributed by atoms with E-state index < -0.39 is 0 Å². The van der Waals surface area contributed by atoms with Crippen molar-refractivity contribution >= 4 is 17.5 Å². The van der Waals surface area contributed by atoms with Gasteiger partial charge in [-0.2, -0.15) is 0 Å². The van der Waals surface area contributed by atoms with Gasteiger partial charge < -0.3 is 24.3 Å². The number of aromatic nitrogens is 2. The number of amides is 2. The normalized spacial score (nSPS) is 14.8. The Kier molecular flexibility index (Phi) is 5.42. The molecule has 1 aromatic carbocycles. The lowest BCUT2D eigenvalue weighted by Crippen LogP contribution is -2.33. The number of nitrogens with zero attached hydrogens (tertiary/aromatic N) is 3. The van der Waals surface area contributed by atoms with Gasteiger partial charge in [0.25, 0.3) is 11.8 Å². The van der Waals surface area contributed by atoms with Crippen LogP contribution in [0.5, 0.6) is 11.5 Å². The Balaban J connectivity index is 1.62. The molecule has 3 heterocycles. The second-order valence-corrected chi connectivity index (χ2v) is 7.13. The minimum absolute atomic E-state index is 0.128. The van der Waals surface area contributed by atoms with Crippen molar-refractivity contribution in [2.75, 3.05) is 31.6 Å². The van der Waals surface area contributed by atoms with Gasteiger partial charge in [0.1, 0.15) is 13.2 Å². The van der Waals surface area contributed by atoms with E-state index in [1.807, 2.05) is 18.4 Å². The average Bonchev–Trinajstić information content (AvgIpc) is 3.14. The van der Waals surface area contributed by atoms with E-state index in [1.54, 1.807) is 23.1 Å². The number of anilines is 1. The largest absolute Gasteiger partial charge is 0.486 e. The predicted octanol–water partition coefficient (Wildman–Crippen LogP) is 2.72. The molecule has 2 aliphatic rings. The van der Waals surface area contributed by atoms with Crippen molar-refractivity contribution in [1.29, 1.82) is 0 Å². The summed E-state index contributed by atoms with van der Waals surface area (Å²) in [5.74, 6) is 1.19. The fourth-order valence-corrected chi connectivity index (χ4v) is 3.85. The Bertz CT molecular complexity index is 933. The van der Waals surface area contributed by atoms with Crippen LogP contribution in [0.1, 0.15) is 53.5 Å². The highest BCUT2D eigenvalue weighted by atomic mass is 16.6. The van der Waals surface area contributed by atoms with Gasteiger partial charge in [-0.3, -0.25) is 9.59 Å². The summed E-state index contributed by atoms with van der Waals surface area (Å²) in [6.45, 7) is 6.81. The molecule has 29 heavy (non-hydrogen) atoms. The fraction of sp³-hybridized carbons (Fsp3) is 0.476. The first-order chi connectivity index (χ1) is 14.1. The lowest BCUT2D eigenvalue weighted by atomic mass is 10.1. The van der Waals surface area contributed by atoms with Crippen molar-refractivity contribution in [1.82, 2.24) is 14.5 Å². The van der Waals surface area contributed by atoms with Gasteiger partial charge in [0, 0.05) is 31.4 Å². The molecule has 0 saturated heterocycles. The maximum absolute atomic E-state index is 13.0. The Morgan fingerprint density at radius 2 is 1.90 bits per heavy atom. The van der Waals surface area contributed by atoms with Crippen LogP contribution in [0.4, 0.5) is 5.69 Å². The van der Waals surface area contributed by atoms with E-state index in [9.17, 15) is 9.59 Å². The van der Waals surface area contributed by atoms with Crippen LogP contribution in [-0.4, -0.2) is 52.6 Å². The first kappa shape index (κ1) is 19.3. The summed E-state index contributed by atoms with van der Waals surface area (Å²) in [5.41, 5.74) is 1.77. The molecule has 0 aliphatic carbocycles. The molecule has 0 bridgehead atoms. The number of hydrogen-bond donors (Lipinski definition) is 1. The van der Waals surface area contributed by atoms with Crippen LogP contribution >= 0.6 is 0 Å². The zero-order chi connectivity index (χ0) is 20.4. The van der Waals surface area contributed by atoms with Crippen LogP contribution in [0.2, 0.25) is 0 Å². The summed E-state index contributed by atoms with van der Waals surface area (Å²) >= 11 is 0. The number of imidazole rings is 1. The van der Waals surface area contributed by atoms with E-state index in [2.05, 4.69) is 10.3 Å². The van der Waals surface area contributed by atoms with Crippen molar-refractivity contribution < 1.29 is 19.1 Å². The van der Waals surface area contributed by atoms with Crippen LogP contribution in [0.3, 0.4) is 0 Å². The maximum atomic E-state index is 13.0. The molecule has 154 valence electrons. The third kappa shape index (κ3) is 3.66. The van der Waals surface area contributed by atoms with Crippen LogP contribution in [0, 0.1) is 0 Å². The predicted molar refractivity (Wildman–Crippen MR) is 108 cm³/mol. The molecule has 0 radical (unpaired) electrons. The smallest absolute Gasteiger partial charge is 0.289 e. The van der Waals surface area contributed by atoms with Gasteiger partial charge in [-0.05, 0) is 45.2 Å². The summed E-state index contributed by atoms with van der Waals surface area (Å²) in [7, 11) is 0. The number of hydrogen-bond acceptors (Lipinski definition) is 5. The molecule has 0 saturated carbocycles. The molecule has 2 amide bonds. The van der Waals surface area contributed by atoms with Crippen molar-refractivity contribution in [3.8, 4) is 11.5 Å². The first-order valence-corrected chi connectivity index (χ1v) is 10.2. The Hall–Kier alpha value is -3.03. The number of benzene rings is 1. The third-order valence-corrected chi connectivity index (χ3v) is 5.37. The molecule has 0 fully saturated rings. The number of rotatable bonds is 5. The summed E-state index contributed by atoms with van der Waals surface area (Å²) in [6, 6.07) is 5.30. The monoisotopic (exact) mass is 398 g/mol. The standard InChI is InChI=1S/C21H26N4O4/c1-3-24(4-2)21(27)19-23-18(15-7-5-6-10-25(15)19)20(26)22-14-8-9-16-17(13-14)29-12-11-28-16/h8-9,13H,3-7,10-12H2,1-2H3,(H,22,26). The zero-order valence-electron chi connectivity index (χ0n) is 16.9. The lowest BCUT2D eigenvalue weighted by Gasteiger charge is -2.21. The highest BCUT2D eigenvalue weighted by Gasteiger charge is 2.29. The van der Waals surface area contributed by atoms with Gasteiger partial charge in [0.15, 0.2) is 23.0 Å². The van der Waals surface area contributed by atoms with E-state index in [0.717, 1.165) is 25.0 Å². The van der Waals surface area contributed by atoms with Crippen molar-refractivity contribution in [3.63, 3.8) is 0 Å². The van der Waals surface area contributed by atoms with Gasteiger partial charge in [-0.1, -0.05) is 0 Å². The molecular formula is C21H26N4O4. The molecule has 0 atom stereocenters. The van der Waals surface area contributed by atoms with Crippen LogP contribution in [-0.2, 0) is 13.0 Å². The molecule has 8 nitrogen and oxygen atoms in total. The van der Waals surface area contributed by atoms with Crippen LogP contribution in [0.15, 0.2) is 18.2 Å². The Labute approximate surface area is 169 Å². The van der Waals surface area contributed by atoms with E-state index in [-0.39, 0.29) is 11.8 Å². The number of carbonyl (C=O) groups excluding carboxylic acids is 2. The van der Waals surface area contributed by atoms with Gasteiger partial charge in [-0.25, -0.2) is 4.98 Å². The number of ether oxygens (including phenoxy) is 2. The topological polar surface area (TPSA) is 85.7 Å². The van der Waals surface area contributed by atoms with Gasteiger partial charge in [0.05, 0.1) is 5.69 Å². The molecule has 2 aliphatic heterocycles. The SMILES string of the molecule is CCN(CC)C(=O)c1nc(C(=O)Nc2ccc3c(c2)OCCO3)c2n1CCCC2. The second kappa shape index (κ2) is 8.14. The van der Waals surface area contributed by atoms with E-state index >= 15 is 0 Å². The summed E-state index contributed by atoms with van der Waals surface area (Å²) < 4.78 is 13.0. The van der Waals surface area contributed by atoms with Gasteiger partial charge in [-0.15, -0.1) is 0 Å². The Morgan fingerprint density at radius 3 is 2.66 bits per heavy atom. The minimum Gasteiger partial charge on any atom is -0.486 e. The summed E-state index contributed by atoms with van der Waals surface area (Å²) in [6.07, 6.45) is 2.70. The van der Waals surface area contributed by atoms with E-state index in [1.165, 1.54) is 0 Å². The number of carbonyl (C=O) groups is 2. The van der Waals surface area contributed by atoms with Gasteiger partial charge >= 0.3 is 0 Å². The number of nitrogens with one attached hydrogen (secondary N) is 1. The average molecular weight is 398 g/mol. The highest BCUT2D eigenvalue weighted by Crippen LogP contribution is 2.33. The van der Waals surface area contributed by atoms with Crippen molar-refractivity contribution in [2.24, 2.45) is 0 Å². The fourth-order valence-electron chi connectivity index (χ4n) is 3.85. The Morgan fingerprint density at radius 1 is 1.14 bits per heavy atom. The number of fused-ring (bicyclic) bond motifs is 2. The van der Waals surface area contributed by atoms with Crippen LogP contribution < -0.4 is 14.8 Å². The molecule has 8 heteroatoms. The summed E-state index contributed by atoms with van der Waals surface area (Å²) in [4.78, 5) is 32.2. The zero-order valence-corrected chi connectivity index (χ0v) is 16.9. The molecule has 0 spiro atoms. The second-order valence-electron chi connectivity index (χ2n) is 7.13. The van der Waals surface area contributed by atoms with Crippen molar-refractivity contribution in [2.45, 2.75) is 39.7 Å². The lowest BCUT2D eigenvalue weighted by molar-refractivity contribution is 0.0754. The molecule has 1 aromatic heterocycles.